The maximum atomic E-state index is 12.5. The van der Waals surface area contributed by atoms with E-state index in [2.05, 4.69) is 15.6 Å². The van der Waals surface area contributed by atoms with E-state index in [-0.39, 0.29) is 11.8 Å². The number of ether oxygens (including phenoxy) is 3. The zero-order valence-corrected chi connectivity index (χ0v) is 16.3. The van der Waals surface area contributed by atoms with Crippen molar-refractivity contribution in [3.8, 4) is 5.88 Å². The van der Waals surface area contributed by atoms with E-state index in [1.54, 1.807) is 40.0 Å². The predicted molar refractivity (Wildman–Crippen MR) is 98.2 cm³/mol. The summed E-state index contributed by atoms with van der Waals surface area (Å²) < 4.78 is 15.5. The summed E-state index contributed by atoms with van der Waals surface area (Å²) in [5.41, 5.74) is -0.129. The van der Waals surface area contributed by atoms with Gasteiger partial charge in [-0.15, -0.1) is 0 Å². The van der Waals surface area contributed by atoms with Crippen molar-refractivity contribution in [1.29, 1.82) is 0 Å². The van der Waals surface area contributed by atoms with E-state index in [1.807, 2.05) is 13.8 Å². The Labute approximate surface area is 154 Å². The van der Waals surface area contributed by atoms with Gasteiger partial charge in [0.05, 0.1) is 18.5 Å². The molecule has 8 nitrogen and oxygen atoms in total. The Bertz CT molecular complexity index is 581. The van der Waals surface area contributed by atoms with Gasteiger partial charge in [-0.05, 0) is 32.8 Å². The molecule has 26 heavy (non-hydrogen) atoms. The van der Waals surface area contributed by atoms with Gasteiger partial charge >= 0.3 is 6.09 Å². The molecule has 1 heterocycles. The number of rotatable bonds is 8. The van der Waals surface area contributed by atoms with Gasteiger partial charge in [0.1, 0.15) is 18.2 Å². The van der Waals surface area contributed by atoms with E-state index in [0.29, 0.717) is 24.8 Å². The third-order valence-electron chi connectivity index (χ3n) is 3.16. The second-order valence-corrected chi connectivity index (χ2v) is 7.08. The number of pyridine rings is 1. The average molecular weight is 367 g/mol. The molecule has 0 radical (unpaired) electrons. The third-order valence-corrected chi connectivity index (χ3v) is 3.16. The molecule has 2 N–H and O–H groups in total. The lowest BCUT2D eigenvalue weighted by atomic mass is 10.0. The van der Waals surface area contributed by atoms with Crippen LogP contribution in [0.3, 0.4) is 0 Å². The van der Waals surface area contributed by atoms with Crippen LogP contribution in [-0.4, -0.2) is 49.0 Å². The normalized spacial score (nSPS) is 12.4. The Morgan fingerprint density at radius 3 is 2.38 bits per heavy atom. The molecule has 146 valence electrons. The predicted octanol–water partition coefficient (Wildman–Crippen LogP) is 2.59. The van der Waals surface area contributed by atoms with Gasteiger partial charge in [0.2, 0.25) is 11.8 Å². The van der Waals surface area contributed by atoms with Crippen molar-refractivity contribution in [2.45, 2.75) is 46.3 Å². The molecule has 0 aliphatic carbocycles. The SMILES string of the molecule is COCCOc1ccc(NC(=O)[C@H](NC(=O)OC(C)(C)C)C(C)C)cn1. The molecule has 0 aromatic carbocycles. The lowest BCUT2D eigenvalue weighted by Gasteiger charge is -2.25. The highest BCUT2D eigenvalue weighted by molar-refractivity contribution is 5.96. The molecule has 0 fully saturated rings. The Morgan fingerprint density at radius 1 is 1.19 bits per heavy atom. The first-order valence-corrected chi connectivity index (χ1v) is 8.50. The van der Waals surface area contributed by atoms with Crippen molar-refractivity contribution in [3.63, 3.8) is 0 Å². The molecule has 1 aromatic heterocycles. The van der Waals surface area contributed by atoms with E-state index >= 15 is 0 Å². The number of hydrogen-bond donors (Lipinski definition) is 2. The molecule has 8 heteroatoms. The van der Waals surface area contributed by atoms with Crippen LogP contribution in [0.1, 0.15) is 34.6 Å². The Kier molecular flexibility index (Phi) is 8.31. The molecular weight excluding hydrogens is 338 g/mol. The zero-order chi connectivity index (χ0) is 19.7. The molecule has 0 saturated carbocycles. The van der Waals surface area contributed by atoms with Crippen molar-refractivity contribution < 1.29 is 23.8 Å². The number of anilines is 1. The Balaban J connectivity index is 2.65. The van der Waals surface area contributed by atoms with Crippen LogP contribution in [0.25, 0.3) is 0 Å². The topological polar surface area (TPSA) is 98.8 Å². The summed E-state index contributed by atoms with van der Waals surface area (Å²) in [4.78, 5) is 28.6. The van der Waals surface area contributed by atoms with Crippen LogP contribution < -0.4 is 15.4 Å². The first kappa shape index (κ1) is 21.7. The summed E-state index contributed by atoms with van der Waals surface area (Å²) in [6.07, 6.45) is 0.858. The van der Waals surface area contributed by atoms with Gasteiger partial charge in [0.15, 0.2) is 0 Å². The molecule has 1 atom stereocenters. The van der Waals surface area contributed by atoms with Crippen molar-refractivity contribution in [2.24, 2.45) is 5.92 Å². The molecule has 2 amide bonds. The molecule has 0 spiro atoms. The summed E-state index contributed by atoms with van der Waals surface area (Å²) in [6.45, 7) is 9.83. The molecule has 0 bridgehead atoms. The Hall–Kier alpha value is -2.35. The van der Waals surface area contributed by atoms with E-state index in [0.717, 1.165) is 0 Å². The van der Waals surface area contributed by atoms with Crippen LogP contribution in [0.4, 0.5) is 10.5 Å². The van der Waals surface area contributed by atoms with Gasteiger partial charge < -0.3 is 24.8 Å². The number of nitrogens with zero attached hydrogens (tertiary/aromatic N) is 1. The highest BCUT2D eigenvalue weighted by Crippen LogP contribution is 2.14. The fourth-order valence-corrected chi connectivity index (χ4v) is 1.96. The highest BCUT2D eigenvalue weighted by Gasteiger charge is 2.27. The zero-order valence-electron chi connectivity index (χ0n) is 16.3. The van der Waals surface area contributed by atoms with E-state index < -0.39 is 17.7 Å². The van der Waals surface area contributed by atoms with Crippen LogP contribution in [-0.2, 0) is 14.3 Å². The van der Waals surface area contributed by atoms with Gasteiger partial charge in [0.25, 0.3) is 0 Å². The number of hydrogen-bond acceptors (Lipinski definition) is 6. The number of carbonyl (C=O) groups excluding carboxylic acids is 2. The largest absolute Gasteiger partial charge is 0.475 e. The van der Waals surface area contributed by atoms with Crippen LogP contribution >= 0.6 is 0 Å². The monoisotopic (exact) mass is 367 g/mol. The number of aromatic nitrogens is 1. The van der Waals surface area contributed by atoms with Gasteiger partial charge in [-0.2, -0.15) is 0 Å². The smallest absolute Gasteiger partial charge is 0.408 e. The minimum absolute atomic E-state index is 0.118. The van der Waals surface area contributed by atoms with Crippen molar-refractivity contribution in [1.82, 2.24) is 10.3 Å². The summed E-state index contributed by atoms with van der Waals surface area (Å²) in [6, 6.07) is 2.59. The molecule has 0 aliphatic rings. The standard InChI is InChI=1S/C18H29N3O5/c1-12(2)15(21-17(23)26-18(3,4)5)16(22)20-13-7-8-14(19-11-13)25-10-9-24-6/h7-8,11-12,15H,9-10H2,1-6H3,(H,20,22)(H,21,23)/t15-/m1/s1. The number of alkyl carbamates (subject to hydrolysis) is 1. The van der Waals surface area contributed by atoms with Crippen molar-refractivity contribution >= 4 is 17.7 Å². The summed E-state index contributed by atoms with van der Waals surface area (Å²) in [5.74, 6) is -0.0276. The van der Waals surface area contributed by atoms with Gasteiger partial charge in [0, 0.05) is 13.2 Å². The quantitative estimate of drug-likeness (QED) is 0.685. The minimum Gasteiger partial charge on any atom is -0.475 e. The maximum Gasteiger partial charge on any atom is 0.408 e. The maximum absolute atomic E-state index is 12.5. The summed E-state index contributed by atoms with van der Waals surface area (Å²) in [7, 11) is 1.59. The van der Waals surface area contributed by atoms with Crippen LogP contribution in [0, 0.1) is 5.92 Å². The molecule has 0 unspecified atom stereocenters. The summed E-state index contributed by atoms with van der Waals surface area (Å²) >= 11 is 0. The fraction of sp³-hybridized carbons (Fsp3) is 0.611. The highest BCUT2D eigenvalue weighted by atomic mass is 16.6. The Morgan fingerprint density at radius 2 is 1.88 bits per heavy atom. The van der Waals surface area contributed by atoms with Gasteiger partial charge in [-0.1, -0.05) is 13.8 Å². The number of carbonyl (C=O) groups is 2. The minimum atomic E-state index is -0.734. The molecular formula is C18H29N3O5. The summed E-state index contributed by atoms with van der Waals surface area (Å²) in [5, 5.41) is 5.34. The van der Waals surface area contributed by atoms with Gasteiger partial charge in [-0.3, -0.25) is 4.79 Å². The first-order valence-electron chi connectivity index (χ1n) is 8.50. The van der Waals surface area contributed by atoms with Crippen molar-refractivity contribution in [3.05, 3.63) is 18.3 Å². The van der Waals surface area contributed by atoms with Crippen LogP contribution in [0.15, 0.2) is 18.3 Å². The first-order chi connectivity index (χ1) is 12.1. The molecule has 1 aromatic rings. The second-order valence-electron chi connectivity index (χ2n) is 7.08. The van der Waals surface area contributed by atoms with E-state index in [9.17, 15) is 9.59 Å². The fourth-order valence-electron chi connectivity index (χ4n) is 1.96. The lowest BCUT2D eigenvalue weighted by molar-refractivity contribution is -0.119. The lowest BCUT2D eigenvalue weighted by Crippen LogP contribution is -2.48. The van der Waals surface area contributed by atoms with E-state index in [4.69, 9.17) is 14.2 Å². The van der Waals surface area contributed by atoms with E-state index in [1.165, 1.54) is 6.20 Å². The van der Waals surface area contributed by atoms with Crippen LogP contribution in [0.2, 0.25) is 0 Å². The third kappa shape index (κ3) is 8.15. The van der Waals surface area contributed by atoms with Crippen molar-refractivity contribution in [2.75, 3.05) is 25.6 Å². The number of amides is 2. The molecule has 1 rings (SSSR count). The van der Waals surface area contributed by atoms with Gasteiger partial charge in [-0.25, -0.2) is 9.78 Å². The van der Waals surface area contributed by atoms with Crippen LogP contribution in [0.5, 0.6) is 5.88 Å². The molecule has 0 aliphatic heterocycles. The second kappa shape index (κ2) is 9.96. The molecule has 0 saturated heterocycles. The number of methoxy groups -OCH3 is 1. The number of nitrogens with one attached hydrogen (secondary N) is 2. The average Bonchev–Trinajstić information content (AvgIpc) is 2.52.